The summed E-state index contributed by atoms with van der Waals surface area (Å²) in [7, 11) is 1.82. The number of hydrogen-bond donors (Lipinski definition) is 1. The van der Waals surface area contributed by atoms with E-state index in [4.69, 9.17) is 4.52 Å². The highest BCUT2D eigenvalue weighted by atomic mass is 16.5. The number of carbonyl (C=O) groups is 1. The Bertz CT molecular complexity index is 553. The number of nitrogens with zero attached hydrogens (tertiary/aromatic N) is 3. The van der Waals surface area contributed by atoms with Crippen molar-refractivity contribution in [1.82, 2.24) is 14.9 Å². The topological polar surface area (TPSA) is 73.0 Å². The van der Waals surface area contributed by atoms with Crippen LogP contribution in [0.1, 0.15) is 11.3 Å². The van der Waals surface area contributed by atoms with Crippen molar-refractivity contribution in [2.75, 3.05) is 5.32 Å². The van der Waals surface area contributed by atoms with Gasteiger partial charge < -0.3 is 9.84 Å². The number of aromatic nitrogens is 3. The first-order valence-electron chi connectivity index (χ1n) is 5.04. The second-order valence-corrected chi connectivity index (χ2v) is 3.59. The van der Waals surface area contributed by atoms with E-state index in [1.165, 1.54) is 6.08 Å². The summed E-state index contributed by atoms with van der Waals surface area (Å²) < 4.78 is 6.49. The van der Waals surface area contributed by atoms with Crippen molar-refractivity contribution in [2.24, 2.45) is 7.05 Å². The molecule has 2 heterocycles. The molecule has 0 saturated heterocycles. The third-order valence-corrected chi connectivity index (χ3v) is 2.03. The summed E-state index contributed by atoms with van der Waals surface area (Å²) in [5.74, 6) is 0.794. The van der Waals surface area contributed by atoms with Crippen LogP contribution in [0.15, 0.2) is 29.1 Å². The van der Waals surface area contributed by atoms with Crippen molar-refractivity contribution in [3.8, 4) is 0 Å². The third kappa shape index (κ3) is 3.04. The van der Waals surface area contributed by atoms with Crippen LogP contribution in [0.3, 0.4) is 0 Å². The maximum atomic E-state index is 11.5. The number of hydrogen-bond acceptors (Lipinski definition) is 4. The molecule has 6 nitrogen and oxygen atoms in total. The molecule has 0 saturated carbocycles. The molecule has 0 spiro atoms. The molecule has 0 bridgehead atoms. The van der Waals surface area contributed by atoms with E-state index >= 15 is 0 Å². The van der Waals surface area contributed by atoms with Gasteiger partial charge in [-0.3, -0.25) is 9.48 Å². The summed E-state index contributed by atoms with van der Waals surface area (Å²) in [6.45, 7) is 1.76. The second kappa shape index (κ2) is 4.65. The van der Waals surface area contributed by atoms with E-state index in [9.17, 15) is 4.79 Å². The van der Waals surface area contributed by atoms with Crippen LogP contribution in [0.25, 0.3) is 6.08 Å². The van der Waals surface area contributed by atoms with Gasteiger partial charge in [-0.15, -0.1) is 0 Å². The maximum absolute atomic E-state index is 11.5. The SMILES string of the molecule is Cc1cc(NC(=O)C=Cc2cnn(C)c2)no1. The summed E-state index contributed by atoms with van der Waals surface area (Å²) in [4.78, 5) is 11.5. The van der Waals surface area contributed by atoms with Crippen LogP contribution < -0.4 is 5.32 Å². The normalized spacial score (nSPS) is 10.9. The number of anilines is 1. The van der Waals surface area contributed by atoms with Gasteiger partial charge in [-0.05, 0) is 13.0 Å². The van der Waals surface area contributed by atoms with Crippen molar-refractivity contribution in [3.63, 3.8) is 0 Å². The smallest absolute Gasteiger partial charge is 0.249 e. The van der Waals surface area contributed by atoms with Gasteiger partial charge in [0.25, 0.3) is 0 Å². The molecule has 2 rings (SSSR count). The predicted molar refractivity (Wildman–Crippen MR) is 62.1 cm³/mol. The van der Waals surface area contributed by atoms with Crippen molar-refractivity contribution in [1.29, 1.82) is 0 Å². The Balaban J connectivity index is 1.95. The Kier molecular flexibility index (Phi) is 3.04. The van der Waals surface area contributed by atoms with E-state index in [2.05, 4.69) is 15.6 Å². The van der Waals surface area contributed by atoms with Gasteiger partial charge in [-0.2, -0.15) is 5.10 Å². The predicted octanol–water partition coefficient (Wildman–Crippen LogP) is 1.37. The zero-order valence-corrected chi connectivity index (χ0v) is 9.54. The zero-order valence-electron chi connectivity index (χ0n) is 9.54. The second-order valence-electron chi connectivity index (χ2n) is 3.59. The molecule has 0 unspecified atom stereocenters. The number of nitrogens with one attached hydrogen (secondary N) is 1. The summed E-state index contributed by atoms with van der Waals surface area (Å²) in [5, 5.41) is 10.2. The van der Waals surface area contributed by atoms with Crippen LogP contribution in [-0.4, -0.2) is 20.8 Å². The van der Waals surface area contributed by atoms with Crippen molar-refractivity contribution < 1.29 is 9.32 Å². The molecule has 17 heavy (non-hydrogen) atoms. The fraction of sp³-hybridized carbons (Fsp3) is 0.182. The standard InChI is InChI=1S/C11H12N4O2/c1-8-5-10(14-17-8)13-11(16)4-3-9-6-12-15(2)7-9/h3-7H,1-2H3,(H,13,14,16). The van der Waals surface area contributed by atoms with Gasteiger partial charge in [0, 0.05) is 31.0 Å². The number of carbonyl (C=O) groups excluding carboxylic acids is 1. The van der Waals surface area contributed by atoms with E-state index in [0.29, 0.717) is 11.6 Å². The van der Waals surface area contributed by atoms with E-state index in [1.807, 2.05) is 13.2 Å². The molecule has 0 aliphatic carbocycles. The summed E-state index contributed by atoms with van der Waals surface area (Å²) >= 11 is 0. The van der Waals surface area contributed by atoms with E-state index in [1.54, 1.807) is 29.9 Å². The third-order valence-electron chi connectivity index (χ3n) is 2.03. The molecule has 6 heteroatoms. The number of amides is 1. The van der Waals surface area contributed by atoms with Crippen LogP contribution in [0, 0.1) is 6.92 Å². The minimum atomic E-state index is -0.262. The molecule has 1 amide bonds. The summed E-state index contributed by atoms with van der Waals surface area (Å²) in [6.07, 6.45) is 6.57. The highest BCUT2D eigenvalue weighted by Crippen LogP contribution is 2.07. The largest absolute Gasteiger partial charge is 0.360 e. The molecular weight excluding hydrogens is 220 g/mol. The molecule has 1 N–H and O–H groups in total. The number of aryl methyl sites for hydroxylation is 2. The Labute approximate surface area is 97.9 Å². The minimum absolute atomic E-state index is 0.262. The van der Waals surface area contributed by atoms with Crippen molar-refractivity contribution >= 4 is 17.8 Å². The minimum Gasteiger partial charge on any atom is -0.360 e. The lowest BCUT2D eigenvalue weighted by Crippen LogP contribution is -2.07. The van der Waals surface area contributed by atoms with Crippen molar-refractivity contribution in [3.05, 3.63) is 35.9 Å². The fourth-order valence-electron chi connectivity index (χ4n) is 1.29. The molecule has 0 aromatic carbocycles. The van der Waals surface area contributed by atoms with Gasteiger partial charge >= 0.3 is 0 Å². The Hall–Kier alpha value is -2.37. The van der Waals surface area contributed by atoms with E-state index in [-0.39, 0.29) is 5.91 Å². The van der Waals surface area contributed by atoms with E-state index < -0.39 is 0 Å². The lowest BCUT2D eigenvalue weighted by Gasteiger charge is -1.93. The molecule has 0 atom stereocenters. The highest BCUT2D eigenvalue weighted by Gasteiger charge is 2.02. The monoisotopic (exact) mass is 232 g/mol. The van der Waals surface area contributed by atoms with Gasteiger partial charge in [-0.25, -0.2) is 0 Å². The lowest BCUT2D eigenvalue weighted by atomic mass is 10.3. The van der Waals surface area contributed by atoms with Crippen LogP contribution in [0.2, 0.25) is 0 Å². The quantitative estimate of drug-likeness (QED) is 0.811. The molecule has 2 aromatic rings. The van der Waals surface area contributed by atoms with Gasteiger partial charge in [0.05, 0.1) is 6.20 Å². The molecule has 0 radical (unpaired) electrons. The molecule has 0 aliphatic rings. The van der Waals surface area contributed by atoms with Gasteiger partial charge in [0.1, 0.15) is 5.76 Å². The van der Waals surface area contributed by atoms with Gasteiger partial charge in [-0.1, -0.05) is 5.16 Å². The Morgan fingerprint density at radius 2 is 2.41 bits per heavy atom. The van der Waals surface area contributed by atoms with Gasteiger partial charge in [0.2, 0.25) is 5.91 Å². The molecule has 0 fully saturated rings. The Morgan fingerprint density at radius 1 is 1.59 bits per heavy atom. The summed E-state index contributed by atoms with van der Waals surface area (Å²) in [6, 6.07) is 1.65. The van der Waals surface area contributed by atoms with Crippen LogP contribution in [-0.2, 0) is 11.8 Å². The van der Waals surface area contributed by atoms with Crippen LogP contribution in [0.4, 0.5) is 5.82 Å². The molecule has 0 aliphatic heterocycles. The van der Waals surface area contributed by atoms with Crippen LogP contribution >= 0.6 is 0 Å². The molecule has 88 valence electrons. The van der Waals surface area contributed by atoms with Crippen LogP contribution in [0.5, 0.6) is 0 Å². The first-order valence-corrected chi connectivity index (χ1v) is 5.04. The lowest BCUT2D eigenvalue weighted by molar-refractivity contribution is -0.111. The van der Waals surface area contributed by atoms with E-state index in [0.717, 1.165) is 5.56 Å². The highest BCUT2D eigenvalue weighted by molar-refractivity contribution is 6.01. The number of rotatable bonds is 3. The van der Waals surface area contributed by atoms with Gasteiger partial charge in [0.15, 0.2) is 5.82 Å². The zero-order chi connectivity index (χ0) is 12.3. The van der Waals surface area contributed by atoms with Crippen molar-refractivity contribution in [2.45, 2.75) is 6.92 Å². The first kappa shape index (κ1) is 11.1. The average Bonchev–Trinajstić information content (AvgIpc) is 2.85. The summed E-state index contributed by atoms with van der Waals surface area (Å²) in [5.41, 5.74) is 0.860. The maximum Gasteiger partial charge on any atom is 0.249 e. The fourth-order valence-corrected chi connectivity index (χ4v) is 1.29. The molecule has 2 aromatic heterocycles. The average molecular weight is 232 g/mol. The molecular formula is C11H12N4O2. The first-order chi connectivity index (χ1) is 8.13. The Morgan fingerprint density at radius 3 is 3.00 bits per heavy atom.